The first-order chi connectivity index (χ1) is 26.2. The van der Waals surface area contributed by atoms with Crippen molar-refractivity contribution in [2.24, 2.45) is 0 Å². The van der Waals surface area contributed by atoms with E-state index in [4.69, 9.17) is 0 Å². The third kappa shape index (κ3) is 5.71. The zero-order valence-corrected chi connectivity index (χ0v) is 30.1. The number of hydrogen-bond acceptors (Lipinski definition) is 4. The maximum Gasteiger partial charge on any atom is 0.123 e. The Morgan fingerprint density at radius 1 is 0.302 bits per heavy atom. The van der Waals surface area contributed by atoms with E-state index in [-0.39, 0.29) is 5.82 Å². The molecule has 0 N–H and O–H groups in total. The fraction of sp³-hybridized carbons (Fsp3) is 0. The second-order valence-corrected chi connectivity index (χ2v) is 15.3. The summed E-state index contributed by atoms with van der Waals surface area (Å²) >= 11 is 3.64. The van der Waals surface area contributed by atoms with Gasteiger partial charge in [0.05, 0.1) is 0 Å². The normalized spacial score (nSPS) is 11.5. The monoisotopic (exact) mass is 718 g/mol. The van der Waals surface area contributed by atoms with E-state index in [0.717, 1.165) is 45.3 Å². The molecule has 10 rings (SSSR count). The molecule has 53 heavy (non-hydrogen) atoms. The van der Waals surface area contributed by atoms with Gasteiger partial charge in [-0.05, 0) is 120 Å². The predicted molar refractivity (Wildman–Crippen MR) is 227 cm³/mol. The smallest absolute Gasteiger partial charge is 0.123 e. The van der Waals surface area contributed by atoms with Crippen LogP contribution in [0.25, 0.3) is 51.5 Å². The molecule has 10 aromatic rings. The number of halogens is 1. The van der Waals surface area contributed by atoms with Crippen LogP contribution in [-0.2, 0) is 0 Å². The Bertz CT molecular complexity index is 2890. The van der Waals surface area contributed by atoms with Gasteiger partial charge in [0.15, 0.2) is 0 Å². The predicted octanol–water partition coefficient (Wildman–Crippen LogP) is 15.2. The summed E-state index contributed by atoms with van der Waals surface area (Å²) in [5.41, 5.74) is 8.51. The van der Waals surface area contributed by atoms with E-state index in [0.29, 0.717) is 0 Å². The molecule has 0 atom stereocenters. The van der Waals surface area contributed by atoms with Crippen molar-refractivity contribution in [2.75, 3.05) is 9.80 Å². The summed E-state index contributed by atoms with van der Waals surface area (Å²) in [6.45, 7) is 0. The van der Waals surface area contributed by atoms with Gasteiger partial charge in [0.2, 0.25) is 0 Å². The Morgan fingerprint density at radius 2 is 0.660 bits per heavy atom. The lowest BCUT2D eigenvalue weighted by molar-refractivity contribution is 0.628. The molecule has 0 spiro atoms. The van der Waals surface area contributed by atoms with Crippen LogP contribution in [0.3, 0.4) is 0 Å². The van der Waals surface area contributed by atoms with E-state index >= 15 is 0 Å². The van der Waals surface area contributed by atoms with Crippen molar-refractivity contribution in [3.8, 4) is 11.1 Å². The number of nitrogens with zero attached hydrogens (tertiary/aromatic N) is 2. The van der Waals surface area contributed by atoms with Gasteiger partial charge < -0.3 is 9.80 Å². The van der Waals surface area contributed by atoms with E-state index < -0.39 is 0 Å². The van der Waals surface area contributed by atoms with Crippen LogP contribution in [-0.4, -0.2) is 0 Å². The van der Waals surface area contributed by atoms with Crippen LogP contribution in [0.15, 0.2) is 188 Å². The third-order valence-corrected chi connectivity index (χ3v) is 12.2. The maximum atomic E-state index is 14.1. The molecule has 0 aliphatic rings. The summed E-state index contributed by atoms with van der Waals surface area (Å²) in [4.78, 5) is 4.52. The highest BCUT2D eigenvalue weighted by atomic mass is 32.1. The van der Waals surface area contributed by atoms with Gasteiger partial charge in [-0.15, -0.1) is 22.7 Å². The second kappa shape index (κ2) is 13.1. The molecule has 0 aliphatic heterocycles. The first-order valence-electron chi connectivity index (χ1n) is 17.6. The Hall–Kier alpha value is -6.27. The van der Waals surface area contributed by atoms with Crippen LogP contribution in [0.2, 0.25) is 0 Å². The van der Waals surface area contributed by atoms with Crippen molar-refractivity contribution in [2.45, 2.75) is 0 Å². The molecule has 8 aromatic carbocycles. The molecule has 0 amide bonds. The molecule has 5 heteroatoms. The fourth-order valence-electron chi connectivity index (χ4n) is 7.37. The topological polar surface area (TPSA) is 6.48 Å². The van der Waals surface area contributed by atoms with Crippen LogP contribution in [0.4, 0.5) is 38.5 Å². The molecule has 0 fully saturated rings. The first kappa shape index (κ1) is 31.5. The number of anilines is 6. The molecule has 0 saturated carbocycles. The number of para-hydroxylation sites is 1. The second-order valence-electron chi connectivity index (χ2n) is 13.1. The lowest BCUT2D eigenvalue weighted by Crippen LogP contribution is -2.10. The number of thiophene rings is 2. The Labute approximate surface area is 314 Å². The lowest BCUT2D eigenvalue weighted by Gasteiger charge is -2.26. The van der Waals surface area contributed by atoms with Crippen LogP contribution < -0.4 is 9.80 Å². The van der Waals surface area contributed by atoms with Gasteiger partial charge in [0.25, 0.3) is 0 Å². The molecule has 0 saturated heterocycles. The minimum Gasteiger partial charge on any atom is -0.310 e. The lowest BCUT2D eigenvalue weighted by atomic mass is 10.0. The van der Waals surface area contributed by atoms with Gasteiger partial charge in [-0.25, -0.2) is 4.39 Å². The molecule has 0 aliphatic carbocycles. The number of rotatable bonds is 7. The Balaban J connectivity index is 1.00. The summed E-state index contributed by atoms with van der Waals surface area (Å²) in [5, 5.41) is 5.04. The molecule has 0 unspecified atom stereocenters. The quantitative estimate of drug-likeness (QED) is 0.162. The van der Waals surface area contributed by atoms with E-state index in [1.165, 1.54) is 52.5 Å². The van der Waals surface area contributed by atoms with Crippen LogP contribution in [0.5, 0.6) is 0 Å². The van der Waals surface area contributed by atoms with E-state index in [9.17, 15) is 4.39 Å². The van der Waals surface area contributed by atoms with Gasteiger partial charge in [0, 0.05) is 74.5 Å². The molecular weight excluding hydrogens is 688 g/mol. The standard InChI is InChI=1S/C48H31FN2S2/c49-34-18-24-38(25-19-34)51(40-27-29-48-44(31-40)42-11-5-7-13-46(42)53-48)37-22-16-33(17-23-37)32-14-20-36(21-15-32)50(35-8-2-1-3-9-35)39-26-28-47-43(30-39)41-10-4-6-12-45(41)52-47/h1-31H. The van der Waals surface area contributed by atoms with Gasteiger partial charge in [-0.2, -0.15) is 0 Å². The van der Waals surface area contributed by atoms with E-state index in [2.05, 4.69) is 174 Å². The largest absolute Gasteiger partial charge is 0.310 e. The molecule has 0 radical (unpaired) electrons. The average Bonchev–Trinajstić information content (AvgIpc) is 3.78. The summed E-state index contributed by atoms with van der Waals surface area (Å²) in [6, 6.07) is 65.3. The van der Waals surface area contributed by atoms with E-state index in [1.807, 2.05) is 23.5 Å². The van der Waals surface area contributed by atoms with Crippen LogP contribution in [0.1, 0.15) is 0 Å². The SMILES string of the molecule is Fc1ccc(N(c2ccc(-c3ccc(N(c4ccccc4)c4ccc5sc6ccccc6c5c4)cc3)cc2)c2ccc3sc4ccccc4c3c2)cc1. The number of benzene rings is 8. The minimum absolute atomic E-state index is 0.252. The van der Waals surface area contributed by atoms with Gasteiger partial charge in [-0.3, -0.25) is 0 Å². The van der Waals surface area contributed by atoms with Crippen molar-refractivity contribution < 1.29 is 4.39 Å². The van der Waals surface area contributed by atoms with Gasteiger partial charge in [-0.1, -0.05) is 78.9 Å². The van der Waals surface area contributed by atoms with Crippen molar-refractivity contribution in [1.82, 2.24) is 0 Å². The Morgan fingerprint density at radius 3 is 1.13 bits per heavy atom. The minimum atomic E-state index is -0.252. The first-order valence-corrected chi connectivity index (χ1v) is 19.2. The molecule has 0 bridgehead atoms. The number of hydrogen-bond donors (Lipinski definition) is 0. The zero-order valence-electron chi connectivity index (χ0n) is 28.5. The van der Waals surface area contributed by atoms with Gasteiger partial charge >= 0.3 is 0 Å². The van der Waals surface area contributed by atoms with Crippen LogP contribution >= 0.6 is 22.7 Å². The van der Waals surface area contributed by atoms with E-state index in [1.54, 1.807) is 11.3 Å². The third-order valence-electron chi connectivity index (χ3n) is 9.92. The average molecular weight is 719 g/mol. The molecule has 252 valence electrons. The molecular formula is C48H31FN2S2. The number of fused-ring (bicyclic) bond motifs is 6. The van der Waals surface area contributed by atoms with Crippen molar-refractivity contribution >= 4 is 97.1 Å². The van der Waals surface area contributed by atoms with Crippen molar-refractivity contribution in [1.29, 1.82) is 0 Å². The van der Waals surface area contributed by atoms with Crippen molar-refractivity contribution in [3.05, 3.63) is 194 Å². The van der Waals surface area contributed by atoms with Gasteiger partial charge in [0.1, 0.15) is 5.82 Å². The fourth-order valence-corrected chi connectivity index (χ4v) is 9.55. The molecule has 2 nitrogen and oxygen atoms in total. The van der Waals surface area contributed by atoms with Crippen LogP contribution in [0, 0.1) is 5.82 Å². The maximum absolute atomic E-state index is 14.1. The summed E-state index contributed by atoms with van der Waals surface area (Å²) in [5.74, 6) is -0.252. The Kier molecular flexibility index (Phi) is 7.75. The highest BCUT2D eigenvalue weighted by Gasteiger charge is 2.17. The molecule has 2 heterocycles. The highest BCUT2D eigenvalue weighted by molar-refractivity contribution is 7.26. The zero-order chi connectivity index (χ0) is 35.3. The highest BCUT2D eigenvalue weighted by Crippen LogP contribution is 2.43. The molecule has 2 aromatic heterocycles. The summed E-state index contributed by atoms with van der Waals surface area (Å²) in [6.07, 6.45) is 0. The summed E-state index contributed by atoms with van der Waals surface area (Å²) < 4.78 is 19.2. The van der Waals surface area contributed by atoms with Crippen molar-refractivity contribution in [3.63, 3.8) is 0 Å². The summed E-state index contributed by atoms with van der Waals surface area (Å²) in [7, 11) is 0.